The zero-order valence-corrected chi connectivity index (χ0v) is 20.8. The lowest BCUT2D eigenvalue weighted by molar-refractivity contribution is 0.100. The van der Waals surface area contributed by atoms with Crippen LogP contribution in [0.1, 0.15) is 17.3 Å². The zero-order valence-electron chi connectivity index (χ0n) is 17.6. The second-order valence-corrected chi connectivity index (χ2v) is 8.87. The van der Waals surface area contributed by atoms with E-state index in [-0.39, 0.29) is 31.3 Å². The Bertz CT molecular complexity index is 1320. The Morgan fingerprint density at radius 2 is 1.85 bits per heavy atom. The van der Waals surface area contributed by atoms with Crippen LogP contribution in [0.4, 0.5) is 4.39 Å². The maximum Gasteiger partial charge on any atom is 0.249 e. The van der Waals surface area contributed by atoms with E-state index < -0.39 is 11.7 Å². The molecule has 2 N–H and O–H groups in total. The predicted molar refractivity (Wildman–Crippen MR) is 132 cm³/mol. The lowest BCUT2D eigenvalue weighted by Gasteiger charge is -2.12. The molecular weight excluding hydrogens is 557 g/mol. The van der Waals surface area contributed by atoms with Gasteiger partial charge in [0.1, 0.15) is 18.1 Å². The van der Waals surface area contributed by atoms with Gasteiger partial charge in [0.2, 0.25) is 17.6 Å². The monoisotopic (exact) mass is 575 g/mol. The highest BCUT2D eigenvalue weighted by Crippen LogP contribution is 2.35. The fourth-order valence-corrected chi connectivity index (χ4v) is 4.41. The largest absolute Gasteiger partial charge is 0.490 e. The average Bonchev–Trinajstić information content (AvgIpc) is 3.11. The van der Waals surface area contributed by atoms with Crippen LogP contribution in [-0.2, 0) is 6.54 Å². The molecule has 0 fully saturated rings. The van der Waals surface area contributed by atoms with Crippen molar-refractivity contribution < 1.29 is 18.7 Å². The number of fused-ring (bicyclic) bond motifs is 1. The topological polar surface area (TPSA) is 79.4 Å². The number of nitrogens with zero attached hydrogens (tertiary/aromatic N) is 2. The van der Waals surface area contributed by atoms with Gasteiger partial charge in [0.25, 0.3) is 0 Å². The molecule has 0 aliphatic carbocycles. The molecule has 170 valence electrons. The fourth-order valence-electron chi connectivity index (χ4n) is 3.42. The molecule has 0 spiro atoms. The van der Waals surface area contributed by atoms with Crippen LogP contribution in [0.15, 0.2) is 63.5 Å². The highest BCUT2D eigenvalue weighted by Gasteiger charge is 2.21. The molecular formula is C24H20Br2FN3O3. The third-order valence-corrected chi connectivity index (χ3v) is 6.33. The minimum absolute atomic E-state index is 0.0394. The van der Waals surface area contributed by atoms with E-state index in [0.29, 0.717) is 16.9 Å². The third kappa shape index (κ3) is 4.89. The number of rotatable bonds is 8. The van der Waals surface area contributed by atoms with Gasteiger partial charge in [-0.05, 0) is 64.0 Å². The smallest absolute Gasteiger partial charge is 0.249 e. The molecule has 0 bridgehead atoms. The molecule has 1 heterocycles. The summed E-state index contributed by atoms with van der Waals surface area (Å²) in [5, 5.41) is 6.49. The minimum Gasteiger partial charge on any atom is -0.490 e. The van der Waals surface area contributed by atoms with Crippen LogP contribution < -0.4 is 15.2 Å². The van der Waals surface area contributed by atoms with E-state index >= 15 is 4.39 Å². The fraction of sp³-hybridized carbons (Fsp3) is 0.167. The zero-order chi connectivity index (χ0) is 23.5. The number of amides is 1. The van der Waals surface area contributed by atoms with Crippen molar-refractivity contribution in [3.63, 3.8) is 0 Å². The molecule has 9 heteroatoms. The summed E-state index contributed by atoms with van der Waals surface area (Å²) >= 11 is 7.09. The first-order valence-electron chi connectivity index (χ1n) is 10.2. The Balaban J connectivity index is 1.55. The Kier molecular flexibility index (Phi) is 6.99. The second-order valence-electron chi connectivity index (χ2n) is 7.16. The molecule has 1 aromatic heterocycles. The number of benzene rings is 3. The Hall–Kier alpha value is -2.91. The van der Waals surface area contributed by atoms with Gasteiger partial charge in [0.05, 0.1) is 17.6 Å². The molecule has 0 aliphatic rings. The van der Waals surface area contributed by atoms with Crippen molar-refractivity contribution in [1.82, 2.24) is 9.78 Å². The number of ether oxygens (including phenoxy) is 2. The summed E-state index contributed by atoms with van der Waals surface area (Å²) in [5.74, 6) is -0.400. The number of hydrogen-bond acceptors (Lipinski definition) is 4. The van der Waals surface area contributed by atoms with Gasteiger partial charge in [0, 0.05) is 15.6 Å². The van der Waals surface area contributed by atoms with Gasteiger partial charge in [-0.1, -0.05) is 40.2 Å². The molecule has 0 radical (unpaired) electrons. The van der Waals surface area contributed by atoms with E-state index in [1.54, 1.807) is 19.1 Å². The van der Waals surface area contributed by atoms with Crippen LogP contribution >= 0.6 is 31.9 Å². The van der Waals surface area contributed by atoms with Crippen molar-refractivity contribution in [1.29, 1.82) is 0 Å². The summed E-state index contributed by atoms with van der Waals surface area (Å²) in [6.45, 7) is 2.59. The van der Waals surface area contributed by atoms with Crippen molar-refractivity contribution >= 4 is 48.5 Å². The molecule has 0 saturated heterocycles. The van der Waals surface area contributed by atoms with Gasteiger partial charge < -0.3 is 15.2 Å². The lowest BCUT2D eigenvalue weighted by atomic mass is 10.1. The van der Waals surface area contributed by atoms with Crippen LogP contribution in [0.2, 0.25) is 0 Å². The summed E-state index contributed by atoms with van der Waals surface area (Å²) in [6, 6.07) is 16.1. The maximum absolute atomic E-state index is 15.1. The van der Waals surface area contributed by atoms with Crippen molar-refractivity contribution in [2.24, 2.45) is 5.73 Å². The molecule has 4 rings (SSSR count). The normalized spacial score (nSPS) is 11.0. The number of carbonyl (C=O) groups is 1. The van der Waals surface area contributed by atoms with E-state index in [4.69, 9.17) is 15.2 Å². The van der Waals surface area contributed by atoms with Gasteiger partial charge in [-0.3, -0.25) is 4.79 Å². The first-order valence-corrected chi connectivity index (χ1v) is 11.8. The van der Waals surface area contributed by atoms with Gasteiger partial charge in [0.15, 0.2) is 0 Å². The standard InChI is InChI=1S/C24H20Br2FN3O3/c1-2-32-24-21(27)22(14-3-5-15(6-4-14)23(28)31)29-30(24)11-12-33-19-10-7-16-13-17(25)8-9-18(16)20(19)26/h3-10,13H,2,11-12H2,1H3,(H2,28,31). The number of halogens is 3. The molecule has 6 nitrogen and oxygen atoms in total. The highest BCUT2D eigenvalue weighted by atomic mass is 79.9. The van der Waals surface area contributed by atoms with Crippen LogP contribution in [0.25, 0.3) is 22.0 Å². The van der Waals surface area contributed by atoms with E-state index in [9.17, 15) is 4.79 Å². The highest BCUT2D eigenvalue weighted by molar-refractivity contribution is 9.11. The molecule has 1 amide bonds. The van der Waals surface area contributed by atoms with Gasteiger partial charge in [-0.15, -0.1) is 0 Å². The van der Waals surface area contributed by atoms with Gasteiger partial charge in [-0.2, -0.15) is 9.49 Å². The Labute approximate surface area is 206 Å². The van der Waals surface area contributed by atoms with E-state index in [0.717, 1.165) is 19.7 Å². The Morgan fingerprint density at radius 1 is 1.09 bits per heavy atom. The number of hydrogen-bond donors (Lipinski definition) is 1. The van der Waals surface area contributed by atoms with Crippen LogP contribution in [0.5, 0.6) is 11.6 Å². The summed E-state index contributed by atoms with van der Waals surface area (Å²) in [5.41, 5.74) is 6.26. The van der Waals surface area contributed by atoms with Crippen molar-refractivity contribution in [2.45, 2.75) is 13.5 Å². The van der Waals surface area contributed by atoms with Crippen molar-refractivity contribution in [2.75, 3.05) is 13.2 Å². The van der Waals surface area contributed by atoms with Crippen LogP contribution in [0, 0.1) is 5.82 Å². The summed E-state index contributed by atoms with van der Waals surface area (Å²) in [6.07, 6.45) is 0. The SMILES string of the molecule is CCOc1c(F)c(-c2ccc(C(N)=O)cc2)nn1CCOc1ccc2cc(Br)ccc2c1Br. The van der Waals surface area contributed by atoms with Gasteiger partial charge >= 0.3 is 0 Å². The van der Waals surface area contributed by atoms with E-state index in [1.807, 2.05) is 30.3 Å². The molecule has 0 unspecified atom stereocenters. The second kappa shape index (κ2) is 9.93. The van der Waals surface area contributed by atoms with Crippen molar-refractivity contribution in [3.8, 4) is 22.9 Å². The Morgan fingerprint density at radius 3 is 2.55 bits per heavy atom. The summed E-state index contributed by atoms with van der Waals surface area (Å²) in [7, 11) is 0. The number of nitrogens with two attached hydrogens (primary N) is 1. The molecule has 0 atom stereocenters. The van der Waals surface area contributed by atoms with Gasteiger partial charge in [-0.25, -0.2) is 4.68 Å². The minimum atomic E-state index is -0.568. The predicted octanol–water partition coefficient (Wildman–Crippen LogP) is 5.94. The first-order chi connectivity index (χ1) is 15.9. The molecule has 0 aliphatic heterocycles. The maximum atomic E-state index is 15.1. The van der Waals surface area contributed by atoms with Crippen LogP contribution in [0.3, 0.4) is 0 Å². The quantitative estimate of drug-likeness (QED) is 0.281. The number of aromatic nitrogens is 2. The number of primary amides is 1. The lowest BCUT2D eigenvalue weighted by Crippen LogP contribution is -2.12. The van der Waals surface area contributed by atoms with E-state index in [2.05, 4.69) is 37.0 Å². The molecule has 0 saturated carbocycles. The van der Waals surface area contributed by atoms with Crippen molar-refractivity contribution in [3.05, 3.63) is 74.9 Å². The first kappa shape index (κ1) is 23.3. The van der Waals surface area contributed by atoms with Crippen LogP contribution in [-0.4, -0.2) is 28.9 Å². The van der Waals surface area contributed by atoms with E-state index in [1.165, 1.54) is 16.8 Å². The molecule has 3 aromatic carbocycles. The summed E-state index contributed by atoms with van der Waals surface area (Å²) < 4.78 is 29.9. The number of carbonyl (C=O) groups excluding carboxylic acids is 1. The average molecular weight is 577 g/mol. The summed E-state index contributed by atoms with van der Waals surface area (Å²) in [4.78, 5) is 11.3. The molecule has 33 heavy (non-hydrogen) atoms. The third-order valence-electron chi connectivity index (χ3n) is 5.02. The molecule has 4 aromatic rings.